The van der Waals surface area contributed by atoms with Crippen LogP contribution >= 0.6 is 0 Å². The molecule has 0 aliphatic rings. The molecule has 102 valence electrons. The van der Waals surface area contributed by atoms with E-state index in [4.69, 9.17) is 4.42 Å². The molecule has 2 rings (SSSR count). The summed E-state index contributed by atoms with van der Waals surface area (Å²) in [4.78, 5) is 0. The van der Waals surface area contributed by atoms with Gasteiger partial charge in [0.2, 0.25) is 11.8 Å². The predicted octanol–water partition coefficient (Wildman–Crippen LogP) is 2.55. The number of benzene rings is 1. The molecule has 0 bridgehead atoms. The molecule has 0 amide bonds. The Balaban J connectivity index is 2.13. The van der Waals surface area contributed by atoms with Crippen LogP contribution in [0.1, 0.15) is 37.6 Å². The van der Waals surface area contributed by atoms with Crippen molar-refractivity contribution in [1.82, 2.24) is 15.5 Å². The van der Waals surface area contributed by atoms with Gasteiger partial charge in [-0.15, -0.1) is 10.2 Å². The van der Waals surface area contributed by atoms with Gasteiger partial charge in [0, 0.05) is 6.42 Å². The van der Waals surface area contributed by atoms with E-state index in [1.807, 2.05) is 25.2 Å². The fourth-order valence-electron chi connectivity index (χ4n) is 2.00. The maximum Gasteiger partial charge on any atom is 0.226 e. The van der Waals surface area contributed by atoms with E-state index >= 15 is 0 Å². The van der Waals surface area contributed by atoms with Crippen LogP contribution in [0, 0.1) is 0 Å². The van der Waals surface area contributed by atoms with E-state index in [2.05, 4.69) is 41.5 Å². The molecule has 19 heavy (non-hydrogen) atoms. The number of nitrogens with one attached hydrogen (secondary N) is 1. The van der Waals surface area contributed by atoms with Gasteiger partial charge >= 0.3 is 0 Å². The number of aryl methyl sites for hydroxylation is 1. The molecule has 2 aromatic rings. The second kappa shape index (κ2) is 5.97. The smallest absolute Gasteiger partial charge is 0.226 e. The molecule has 1 N–H and O–H groups in total. The van der Waals surface area contributed by atoms with Gasteiger partial charge in [0.1, 0.15) is 0 Å². The molecule has 0 radical (unpaired) electrons. The monoisotopic (exact) mass is 259 g/mol. The van der Waals surface area contributed by atoms with E-state index in [-0.39, 0.29) is 5.41 Å². The largest absolute Gasteiger partial charge is 0.424 e. The van der Waals surface area contributed by atoms with Gasteiger partial charge in [-0.3, -0.25) is 0 Å². The van der Waals surface area contributed by atoms with Crippen molar-refractivity contribution in [2.75, 3.05) is 13.6 Å². The summed E-state index contributed by atoms with van der Waals surface area (Å²) in [6.45, 7) is 5.17. The van der Waals surface area contributed by atoms with Crippen LogP contribution in [0.5, 0.6) is 0 Å². The lowest BCUT2D eigenvalue weighted by Crippen LogP contribution is -2.19. The highest BCUT2D eigenvalue weighted by Crippen LogP contribution is 2.30. The van der Waals surface area contributed by atoms with Crippen molar-refractivity contribution in [3.8, 4) is 0 Å². The highest BCUT2D eigenvalue weighted by atomic mass is 16.4. The van der Waals surface area contributed by atoms with Crippen LogP contribution in [0.4, 0.5) is 0 Å². The lowest BCUT2D eigenvalue weighted by Gasteiger charge is -2.20. The quantitative estimate of drug-likeness (QED) is 0.810. The Bertz CT molecular complexity index is 505. The number of hydrogen-bond acceptors (Lipinski definition) is 4. The van der Waals surface area contributed by atoms with Crippen LogP contribution in [0.3, 0.4) is 0 Å². The van der Waals surface area contributed by atoms with Crippen LogP contribution < -0.4 is 5.32 Å². The van der Waals surface area contributed by atoms with Gasteiger partial charge in [0.15, 0.2) is 0 Å². The summed E-state index contributed by atoms with van der Waals surface area (Å²) in [6, 6.07) is 10.2. The van der Waals surface area contributed by atoms with Crippen LogP contribution in [0.15, 0.2) is 34.7 Å². The molecule has 0 spiro atoms. The lowest BCUT2D eigenvalue weighted by molar-refractivity contribution is 0.385. The standard InChI is InChI=1S/C15H21N3O/c1-15(2,12-8-5-4-6-9-12)14-18-17-13(19-14)10-7-11-16-3/h4-6,8-9,16H,7,10-11H2,1-3H3. The number of nitrogens with zero attached hydrogens (tertiary/aromatic N) is 2. The van der Waals surface area contributed by atoms with Crippen LogP contribution in [-0.4, -0.2) is 23.8 Å². The van der Waals surface area contributed by atoms with E-state index in [0.29, 0.717) is 11.8 Å². The molecule has 0 aliphatic heterocycles. The van der Waals surface area contributed by atoms with Crippen molar-refractivity contribution >= 4 is 0 Å². The molecular formula is C15H21N3O. The third-order valence-corrected chi connectivity index (χ3v) is 3.31. The Morgan fingerprint density at radius 3 is 2.58 bits per heavy atom. The zero-order valence-corrected chi connectivity index (χ0v) is 11.8. The lowest BCUT2D eigenvalue weighted by atomic mass is 9.85. The highest BCUT2D eigenvalue weighted by molar-refractivity contribution is 5.29. The molecular weight excluding hydrogens is 238 g/mol. The second-order valence-electron chi connectivity index (χ2n) is 5.20. The Hall–Kier alpha value is -1.68. The molecule has 1 heterocycles. The van der Waals surface area contributed by atoms with E-state index in [1.54, 1.807) is 0 Å². The van der Waals surface area contributed by atoms with Crippen molar-refractivity contribution in [3.05, 3.63) is 47.7 Å². The predicted molar refractivity (Wildman–Crippen MR) is 75.1 cm³/mol. The van der Waals surface area contributed by atoms with Gasteiger partial charge in [-0.2, -0.15) is 0 Å². The van der Waals surface area contributed by atoms with Crippen molar-refractivity contribution < 1.29 is 4.42 Å². The average molecular weight is 259 g/mol. The molecule has 0 saturated carbocycles. The summed E-state index contributed by atoms with van der Waals surface area (Å²) in [6.07, 6.45) is 1.82. The summed E-state index contributed by atoms with van der Waals surface area (Å²) < 4.78 is 5.80. The third kappa shape index (κ3) is 3.20. The van der Waals surface area contributed by atoms with Gasteiger partial charge in [-0.05, 0) is 39.4 Å². The maximum absolute atomic E-state index is 5.80. The second-order valence-corrected chi connectivity index (χ2v) is 5.20. The number of hydrogen-bond donors (Lipinski definition) is 1. The first-order chi connectivity index (χ1) is 9.14. The van der Waals surface area contributed by atoms with E-state index in [1.165, 1.54) is 5.56 Å². The van der Waals surface area contributed by atoms with Crippen LogP contribution in [0.25, 0.3) is 0 Å². The van der Waals surface area contributed by atoms with Crippen molar-refractivity contribution in [2.45, 2.75) is 32.1 Å². The van der Waals surface area contributed by atoms with Crippen molar-refractivity contribution in [1.29, 1.82) is 0 Å². The van der Waals surface area contributed by atoms with E-state index in [0.717, 1.165) is 19.4 Å². The molecule has 1 aromatic heterocycles. The summed E-state index contributed by atoms with van der Waals surface area (Å²) >= 11 is 0. The minimum Gasteiger partial charge on any atom is -0.424 e. The molecule has 0 unspecified atom stereocenters. The molecule has 1 aromatic carbocycles. The summed E-state index contributed by atoms with van der Waals surface area (Å²) in [5.41, 5.74) is 0.927. The average Bonchev–Trinajstić information content (AvgIpc) is 2.90. The minimum absolute atomic E-state index is 0.254. The Labute approximate surface area is 114 Å². The first-order valence-electron chi connectivity index (χ1n) is 6.67. The van der Waals surface area contributed by atoms with Gasteiger partial charge in [-0.25, -0.2) is 0 Å². The Morgan fingerprint density at radius 2 is 1.89 bits per heavy atom. The topological polar surface area (TPSA) is 51.0 Å². The fraction of sp³-hybridized carbons (Fsp3) is 0.467. The molecule has 4 nitrogen and oxygen atoms in total. The Kier molecular flexibility index (Phi) is 4.32. The van der Waals surface area contributed by atoms with Gasteiger partial charge < -0.3 is 9.73 Å². The SMILES string of the molecule is CNCCCc1nnc(C(C)(C)c2ccccc2)o1. The third-order valence-electron chi connectivity index (χ3n) is 3.31. The van der Waals surface area contributed by atoms with E-state index in [9.17, 15) is 0 Å². The van der Waals surface area contributed by atoms with Crippen LogP contribution in [-0.2, 0) is 11.8 Å². The van der Waals surface area contributed by atoms with Crippen LogP contribution in [0.2, 0.25) is 0 Å². The van der Waals surface area contributed by atoms with Gasteiger partial charge in [0.05, 0.1) is 5.41 Å². The minimum atomic E-state index is -0.254. The molecule has 0 fully saturated rings. The summed E-state index contributed by atoms with van der Waals surface area (Å²) in [7, 11) is 1.94. The first-order valence-corrected chi connectivity index (χ1v) is 6.67. The van der Waals surface area contributed by atoms with E-state index < -0.39 is 0 Å². The number of aromatic nitrogens is 2. The zero-order chi connectivity index (χ0) is 13.7. The molecule has 0 aliphatic carbocycles. The van der Waals surface area contributed by atoms with Gasteiger partial charge in [0.25, 0.3) is 0 Å². The van der Waals surface area contributed by atoms with Gasteiger partial charge in [-0.1, -0.05) is 30.3 Å². The van der Waals surface area contributed by atoms with Crippen molar-refractivity contribution in [3.63, 3.8) is 0 Å². The maximum atomic E-state index is 5.80. The first kappa shape index (κ1) is 13.7. The molecule has 4 heteroatoms. The van der Waals surface area contributed by atoms with Crippen molar-refractivity contribution in [2.24, 2.45) is 0 Å². The Morgan fingerprint density at radius 1 is 1.16 bits per heavy atom. The molecule has 0 atom stereocenters. The molecule has 0 saturated heterocycles. The number of rotatable bonds is 6. The fourth-order valence-corrected chi connectivity index (χ4v) is 2.00. The zero-order valence-electron chi connectivity index (χ0n) is 11.8. The summed E-state index contributed by atoms with van der Waals surface area (Å²) in [5.74, 6) is 1.40. The normalized spacial score (nSPS) is 11.7. The summed E-state index contributed by atoms with van der Waals surface area (Å²) in [5, 5.41) is 11.5. The highest BCUT2D eigenvalue weighted by Gasteiger charge is 2.29.